The van der Waals surface area contributed by atoms with Crippen molar-refractivity contribution in [2.24, 2.45) is 0 Å². The smallest absolute Gasteiger partial charge is 0.257 e. The normalized spacial score (nSPS) is 10.6. The first-order valence-corrected chi connectivity index (χ1v) is 8.34. The summed E-state index contributed by atoms with van der Waals surface area (Å²) in [4.78, 5) is 16.1. The number of halogens is 2. The average Bonchev–Trinajstić information content (AvgIpc) is 2.47. The van der Waals surface area contributed by atoms with Crippen molar-refractivity contribution >= 4 is 48.7 Å². The van der Waals surface area contributed by atoms with Crippen molar-refractivity contribution in [1.82, 2.24) is 10.3 Å². The predicted octanol–water partition coefficient (Wildman–Crippen LogP) is 4.05. The van der Waals surface area contributed by atoms with Gasteiger partial charge in [0.1, 0.15) is 5.52 Å². The molecule has 6 heteroatoms. The molecule has 1 N–H and O–H groups in total. The van der Waals surface area contributed by atoms with Gasteiger partial charge in [-0.2, -0.15) is 0 Å². The van der Waals surface area contributed by atoms with E-state index < -0.39 is 0 Å². The highest BCUT2D eigenvalue weighted by molar-refractivity contribution is 9.11. The Labute approximate surface area is 140 Å². The van der Waals surface area contributed by atoms with Crippen molar-refractivity contribution < 1.29 is 9.53 Å². The largest absolute Gasteiger partial charge is 0.480 e. The fourth-order valence-corrected chi connectivity index (χ4v) is 3.26. The number of carbonyl (C=O) groups excluding carboxylic acids is 1. The molecule has 21 heavy (non-hydrogen) atoms. The van der Waals surface area contributed by atoms with Gasteiger partial charge in [-0.25, -0.2) is 0 Å². The number of carbonyl (C=O) groups is 1. The van der Waals surface area contributed by atoms with Gasteiger partial charge in [-0.3, -0.25) is 9.78 Å². The Hall–Kier alpha value is -1.14. The van der Waals surface area contributed by atoms with Crippen LogP contribution in [0.15, 0.2) is 33.3 Å². The Morgan fingerprint density at radius 1 is 1.38 bits per heavy atom. The van der Waals surface area contributed by atoms with Gasteiger partial charge in [-0.15, -0.1) is 0 Å². The van der Waals surface area contributed by atoms with E-state index >= 15 is 0 Å². The third-order valence-electron chi connectivity index (χ3n) is 2.95. The molecule has 2 aromatic rings. The molecular formula is C15H16Br2N2O2. The number of nitrogens with zero attached hydrogens (tertiary/aromatic N) is 1. The van der Waals surface area contributed by atoms with Crippen LogP contribution in [-0.4, -0.2) is 24.0 Å². The minimum absolute atomic E-state index is 0.0182. The number of ether oxygens (including phenoxy) is 1. The van der Waals surface area contributed by atoms with Gasteiger partial charge in [0, 0.05) is 22.6 Å². The van der Waals surface area contributed by atoms with Crippen LogP contribution in [0.5, 0.6) is 5.75 Å². The first-order valence-electron chi connectivity index (χ1n) is 6.75. The van der Waals surface area contributed by atoms with E-state index in [0.717, 1.165) is 32.7 Å². The van der Waals surface area contributed by atoms with E-state index in [1.807, 2.05) is 18.2 Å². The van der Waals surface area contributed by atoms with Gasteiger partial charge in [-0.05, 0) is 34.5 Å². The van der Waals surface area contributed by atoms with Crippen LogP contribution in [-0.2, 0) is 4.79 Å². The van der Waals surface area contributed by atoms with E-state index in [2.05, 4.69) is 49.1 Å². The summed E-state index contributed by atoms with van der Waals surface area (Å²) in [5, 5.41) is 3.77. The molecule has 0 aliphatic rings. The number of fused-ring (bicyclic) bond motifs is 1. The molecule has 0 aliphatic carbocycles. The van der Waals surface area contributed by atoms with Gasteiger partial charge < -0.3 is 10.1 Å². The molecule has 0 radical (unpaired) electrons. The van der Waals surface area contributed by atoms with Crippen molar-refractivity contribution in [3.05, 3.63) is 33.3 Å². The topological polar surface area (TPSA) is 51.2 Å². The lowest BCUT2D eigenvalue weighted by atomic mass is 10.2. The summed E-state index contributed by atoms with van der Waals surface area (Å²) in [6.07, 6.45) is 3.72. The van der Waals surface area contributed by atoms with Crippen molar-refractivity contribution in [3.8, 4) is 5.75 Å². The number of amides is 1. The highest BCUT2D eigenvalue weighted by atomic mass is 79.9. The van der Waals surface area contributed by atoms with Gasteiger partial charge in [-0.1, -0.05) is 35.3 Å². The van der Waals surface area contributed by atoms with Gasteiger partial charge in [0.05, 0.1) is 4.47 Å². The van der Waals surface area contributed by atoms with Gasteiger partial charge in [0.2, 0.25) is 0 Å². The summed E-state index contributed by atoms with van der Waals surface area (Å²) >= 11 is 6.95. The van der Waals surface area contributed by atoms with Crippen molar-refractivity contribution in [2.45, 2.75) is 19.8 Å². The van der Waals surface area contributed by atoms with Crippen LogP contribution >= 0.6 is 31.9 Å². The lowest BCUT2D eigenvalue weighted by Gasteiger charge is -2.12. The number of nitrogens with one attached hydrogen (secondary N) is 1. The van der Waals surface area contributed by atoms with E-state index in [9.17, 15) is 4.79 Å². The lowest BCUT2D eigenvalue weighted by Crippen LogP contribution is -2.29. The Kier molecular flexibility index (Phi) is 5.99. The summed E-state index contributed by atoms with van der Waals surface area (Å²) in [5.74, 6) is 0.460. The Bertz CT molecular complexity index is 647. The third-order valence-corrected chi connectivity index (χ3v) is 4.20. The number of benzene rings is 1. The molecule has 1 aromatic carbocycles. The molecular weight excluding hydrogens is 400 g/mol. The van der Waals surface area contributed by atoms with Gasteiger partial charge in [0.25, 0.3) is 5.91 Å². The van der Waals surface area contributed by atoms with E-state index in [1.165, 1.54) is 0 Å². The van der Waals surface area contributed by atoms with Gasteiger partial charge >= 0.3 is 0 Å². The molecule has 0 saturated carbocycles. The van der Waals surface area contributed by atoms with E-state index in [1.54, 1.807) is 6.20 Å². The molecule has 0 saturated heterocycles. The molecule has 112 valence electrons. The maximum atomic E-state index is 11.7. The molecule has 1 heterocycles. The maximum Gasteiger partial charge on any atom is 0.257 e. The molecule has 1 aromatic heterocycles. The Morgan fingerprint density at radius 3 is 2.95 bits per heavy atom. The number of pyridine rings is 1. The number of rotatable bonds is 6. The average molecular weight is 416 g/mol. The molecule has 0 aliphatic heterocycles. The quantitative estimate of drug-likeness (QED) is 0.724. The van der Waals surface area contributed by atoms with E-state index in [-0.39, 0.29) is 12.5 Å². The maximum absolute atomic E-state index is 11.7. The van der Waals surface area contributed by atoms with Crippen molar-refractivity contribution in [2.75, 3.05) is 13.2 Å². The van der Waals surface area contributed by atoms with Crippen molar-refractivity contribution in [1.29, 1.82) is 0 Å². The van der Waals surface area contributed by atoms with Crippen LogP contribution in [0, 0.1) is 0 Å². The second-order valence-electron chi connectivity index (χ2n) is 4.56. The zero-order chi connectivity index (χ0) is 15.2. The van der Waals surface area contributed by atoms with Crippen molar-refractivity contribution in [3.63, 3.8) is 0 Å². The van der Waals surface area contributed by atoms with Gasteiger partial charge in [0.15, 0.2) is 12.4 Å². The van der Waals surface area contributed by atoms with Crippen LogP contribution in [0.4, 0.5) is 0 Å². The highest BCUT2D eigenvalue weighted by Crippen LogP contribution is 2.37. The predicted molar refractivity (Wildman–Crippen MR) is 90.6 cm³/mol. The first-order chi connectivity index (χ1) is 10.1. The first kappa shape index (κ1) is 16.2. The number of hydrogen-bond donors (Lipinski definition) is 1. The summed E-state index contributed by atoms with van der Waals surface area (Å²) in [6, 6.07) is 5.71. The summed E-state index contributed by atoms with van der Waals surface area (Å²) < 4.78 is 7.35. The van der Waals surface area contributed by atoms with Crippen LogP contribution < -0.4 is 10.1 Å². The molecule has 0 bridgehead atoms. The zero-order valence-corrected chi connectivity index (χ0v) is 14.8. The lowest BCUT2D eigenvalue weighted by molar-refractivity contribution is -0.123. The summed E-state index contributed by atoms with van der Waals surface area (Å²) in [7, 11) is 0. The SMILES string of the molecule is CCCCNC(=O)COc1c(Br)cc(Br)c2cccnc12. The minimum atomic E-state index is -0.123. The Balaban J connectivity index is 2.13. The molecule has 4 nitrogen and oxygen atoms in total. The molecule has 0 unspecified atom stereocenters. The van der Waals surface area contributed by atoms with Crippen LogP contribution in [0.1, 0.15) is 19.8 Å². The second-order valence-corrected chi connectivity index (χ2v) is 6.27. The summed E-state index contributed by atoms with van der Waals surface area (Å²) in [5.41, 5.74) is 0.722. The minimum Gasteiger partial charge on any atom is -0.480 e. The van der Waals surface area contributed by atoms with Crippen LogP contribution in [0.25, 0.3) is 10.9 Å². The Morgan fingerprint density at radius 2 is 2.19 bits per heavy atom. The summed E-state index contributed by atoms with van der Waals surface area (Å²) in [6.45, 7) is 2.74. The fourth-order valence-electron chi connectivity index (χ4n) is 1.88. The number of aromatic nitrogens is 1. The fraction of sp³-hybridized carbons (Fsp3) is 0.333. The molecule has 2 rings (SSSR count). The van der Waals surface area contributed by atoms with E-state index in [4.69, 9.17) is 4.74 Å². The molecule has 1 amide bonds. The standard InChI is InChI=1S/C15H16Br2N2O2/c1-2-3-6-18-13(20)9-21-15-12(17)8-11(16)10-5-4-7-19-14(10)15/h4-5,7-8H,2-3,6,9H2,1H3,(H,18,20). The second kappa shape index (κ2) is 7.75. The molecule has 0 atom stereocenters. The van der Waals surface area contributed by atoms with E-state index in [0.29, 0.717) is 12.3 Å². The molecule has 0 spiro atoms. The zero-order valence-electron chi connectivity index (χ0n) is 11.7. The monoisotopic (exact) mass is 414 g/mol. The highest BCUT2D eigenvalue weighted by Gasteiger charge is 2.13. The number of unbranched alkanes of at least 4 members (excludes halogenated alkanes) is 1. The van der Waals surface area contributed by atoms with Crippen LogP contribution in [0.3, 0.4) is 0 Å². The third kappa shape index (κ3) is 4.17. The van der Waals surface area contributed by atoms with Crippen LogP contribution in [0.2, 0.25) is 0 Å². The molecule has 0 fully saturated rings. The number of hydrogen-bond acceptors (Lipinski definition) is 3.